The minimum absolute atomic E-state index is 0.0879. The third-order valence-corrected chi connectivity index (χ3v) is 6.22. The lowest BCUT2D eigenvalue weighted by Crippen LogP contribution is -2.15. The van der Waals surface area contributed by atoms with Crippen LogP contribution < -0.4 is 19.5 Å². The Labute approximate surface area is 203 Å². The van der Waals surface area contributed by atoms with Crippen LogP contribution in [0.15, 0.2) is 102 Å². The van der Waals surface area contributed by atoms with Gasteiger partial charge in [0.05, 0.1) is 11.5 Å². The summed E-state index contributed by atoms with van der Waals surface area (Å²) >= 11 is 0. The molecule has 0 aliphatic carbocycles. The zero-order valence-corrected chi connectivity index (χ0v) is 19.7. The van der Waals surface area contributed by atoms with Crippen LogP contribution in [0.3, 0.4) is 0 Å². The van der Waals surface area contributed by atoms with E-state index in [0.717, 1.165) is 0 Å². The lowest BCUT2D eigenvalue weighted by atomic mass is 10.2. The molecule has 0 aliphatic heterocycles. The molecule has 2 N–H and O–H groups in total. The Morgan fingerprint density at radius 1 is 0.829 bits per heavy atom. The van der Waals surface area contributed by atoms with Crippen molar-refractivity contribution in [1.29, 1.82) is 0 Å². The molecular formula is C26H23N3O5S. The zero-order chi connectivity index (χ0) is 24.7. The van der Waals surface area contributed by atoms with Crippen LogP contribution in [0.25, 0.3) is 0 Å². The van der Waals surface area contributed by atoms with Crippen molar-refractivity contribution < 1.29 is 22.7 Å². The number of pyridine rings is 1. The highest BCUT2D eigenvalue weighted by molar-refractivity contribution is 7.92. The van der Waals surface area contributed by atoms with Gasteiger partial charge in [0, 0.05) is 29.3 Å². The van der Waals surface area contributed by atoms with Gasteiger partial charge in [-0.1, -0.05) is 6.07 Å². The van der Waals surface area contributed by atoms with Crippen molar-refractivity contribution in [1.82, 2.24) is 4.98 Å². The molecule has 35 heavy (non-hydrogen) atoms. The van der Waals surface area contributed by atoms with Crippen LogP contribution in [0.2, 0.25) is 0 Å². The van der Waals surface area contributed by atoms with Crippen LogP contribution in [0.1, 0.15) is 17.3 Å². The Bertz CT molecular complexity index is 1390. The fourth-order valence-corrected chi connectivity index (χ4v) is 4.22. The minimum Gasteiger partial charge on any atom is -0.494 e. The highest BCUT2D eigenvalue weighted by Crippen LogP contribution is 2.23. The Morgan fingerprint density at radius 3 is 2.17 bits per heavy atom. The summed E-state index contributed by atoms with van der Waals surface area (Å²) in [5.41, 5.74) is 1.14. The number of nitrogens with zero attached hydrogens (tertiary/aromatic N) is 1. The van der Waals surface area contributed by atoms with Gasteiger partial charge in [-0.05, 0) is 85.8 Å². The lowest BCUT2D eigenvalue weighted by Gasteiger charge is -2.11. The molecule has 0 aliphatic rings. The zero-order valence-electron chi connectivity index (χ0n) is 18.8. The first kappa shape index (κ1) is 23.8. The highest BCUT2D eigenvalue weighted by Gasteiger charge is 2.15. The van der Waals surface area contributed by atoms with Crippen molar-refractivity contribution in [2.45, 2.75) is 11.8 Å². The summed E-state index contributed by atoms with van der Waals surface area (Å²) in [6.07, 6.45) is 3.27. The predicted octanol–water partition coefficient (Wildman–Crippen LogP) is 5.33. The summed E-state index contributed by atoms with van der Waals surface area (Å²) in [7, 11) is -3.83. The quantitative estimate of drug-likeness (QED) is 0.329. The average molecular weight is 490 g/mol. The number of hydrogen-bond acceptors (Lipinski definition) is 6. The molecule has 0 atom stereocenters. The number of amides is 1. The molecule has 1 aromatic heterocycles. The Kier molecular flexibility index (Phi) is 7.27. The van der Waals surface area contributed by atoms with Gasteiger partial charge in [-0.15, -0.1) is 0 Å². The summed E-state index contributed by atoms with van der Waals surface area (Å²) in [6, 6.07) is 22.8. The fraction of sp³-hybridized carbons (Fsp3) is 0.0769. The number of aromatic nitrogens is 1. The molecule has 4 rings (SSSR count). The average Bonchev–Trinajstić information content (AvgIpc) is 2.86. The second kappa shape index (κ2) is 10.7. The van der Waals surface area contributed by atoms with Crippen LogP contribution in [-0.4, -0.2) is 25.9 Å². The maximum Gasteiger partial charge on any atom is 0.261 e. The molecule has 9 heteroatoms. The van der Waals surface area contributed by atoms with Crippen molar-refractivity contribution in [2.75, 3.05) is 16.6 Å². The summed E-state index contributed by atoms with van der Waals surface area (Å²) in [4.78, 5) is 16.8. The largest absolute Gasteiger partial charge is 0.494 e. The van der Waals surface area contributed by atoms with E-state index >= 15 is 0 Å². The van der Waals surface area contributed by atoms with E-state index in [0.29, 0.717) is 35.1 Å². The maximum absolute atomic E-state index is 12.7. The summed E-state index contributed by atoms with van der Waals surface area (Å²) in [5, 5.41) is 2.79. The Hall–Kier alpha value is -4.37. The van der Waals surface area contributed by atoms with Crippen LogP contribution >= 0.6 is 0 Å². The third-order valence-electron chi connectivity index (χ3n) is 4.82. The van der Waals surface area contributed by atoms with Crippen molar-refractivity contribution in [3.63, 3.8) is 0 Å². The number of benzene rings is 3. The monoisotopic (exact) mass is 489 g/mol. The first-order valence-electron chi connectivity index (χ1n) is 10.8. The topological polar surface area (TPSA) is 107 Å². The first-order chi connectivity index (χ1) is 16.9. The molecule has 0 bridgehead atoms. The van der Waals surface area contributed by atoms with Gasteiger partial charge in [0.1, 0.15) is 17.2 Å². The molecule has 0 radical (unpaired) electrons. The number of ether oxygens (including phenoxy) is 2. The summed E-state index contributed by atoms with van der Waals surface area (Å²) in [6.45, 7) is 2.34. The van der Waals surface area contributed by atoms with E-state index in [4.69, 9.17) is 9.47 Å². The molecular weight excluding hydrogens is 466 g/mol. The van der Waals surface area contributed by atoms with E-state index in [1.165, 1.54) is 18.2 Å². The van der Waals surface area contributed by atoms with Crippen LogP contribution in [0.4, 0.5) is 11.4 Å². The van der Waals surface area contributed by atoms with E-state index in [-0.39, 0.29) is 16.5 Å². The molecule has 178 valence electrons. The van der Waals surface area contributed by atoms with Crippen LogP contribution in [0, 0.1) is 0 Å². The number of carbonyl (C=O) groups excluding carboxylic acids is 1. The molecule has 0 spiro atoms. The van der Waals surface area contributed by atoms with Crippen molar-refractivity contribution >= 4 is 27.3 Å². The van der Waals surface area contributed by atoms with Crippen LogP contribution in [-0.2, 0) is 10.0 Å². The molecule has 0 saturated carbocycles. The Balaban J connectivity index is 1.41. The number of nitrogens with one attached hydrogen (secondary N) is 2. The van der Waals surface area contributed by atoms with E-state index in [1.54, 1.807) is 79.1 Å². The molecule has 1 amide bonds. The lowest BCUT2D eigenvalue weighted by molar-refractivity contribution is 0.102. The second-order valence-electron chi connectivity index (χ2n) is 7.35. The van der Waals surface area contributed by atoms with E-state index in [2.05, 4.69) is 15.0 Å². The number of anilines is 2. The molecule has 0 unspecified atom stereocenters. The number of hydrogen-bond donors (Lipinski definition) is 2. The molecule has 4 aromatic rings. The van der Waals surface area contributed by atoms with Gasteiger partial charge in [0.2, 0.25) is 0 Å². The smallest absolute Gasteiger partial charge is 0.261 e. The van der Waals surface area contributed by atoms with Gasteiger partial charge in [-0.3, -0.25) is 14.5 Å². The Morgan fingerprint density at radius 2 is 1.49 bits per heavy atom. The maximum atomic E-state index is 12.7. The second-order valence-corrected chi connectivity index (χ2v) is 9.04. The van der Waals surface area contributed by atoms with E-state index in [1.807, 2.05) is 6.92 Å². The van der Waals surface area contributed by atoms with Gasteiger partial charge in [-0.25, -0.2) is 8.42 Å². The van der Waals surface area contributed by atoms with Gasteiger partial charge in [-0.2, -0.15) is 0 Å². The van der Waals surface area contributed by atoms with Crippen molar-refractivity contribution in [3.8, 4) is 17.2 Å². The predicted molar refractivity (Wildman–Crippen MR) is 134 cm³/mol. The first-order valence-corrected chi connectivity index (χ1v) is 12.3. The normalized spacial score (nSPS) is 10.9. The van der Waals surface area contributed by atoms with Gasteiger partial charge in [0.15, 0.2) is 0 Å². The fourth-order valence-electron chi connectivity index (χ4n) is 3.17. The third kappa shape index (κ3) is 6.36. The summed E-state index contributed by atoms with van der Waals surface area (Å²) in [5.74, 6) is 1.47. The molecule has 0 fully saturated rings. The minimum atomic E-state index is -3.83. The number of rotatable bonds is 9. The van der Waals surface area contributed by atoms with Gasteiger partial charge < -0.3 is 14.8 Å². The molecule has 3 aromatic carbocycles. The SMILES string of the molecule is CCOc1ccc(S(=O)(=O)Nc2cccc(C(=O)Nc3ccc(Oc4ccncc4)cc3)c2)cc1. The summed E-state index contributed by atoms with van der Waals surface area (Å²) < 4.78 is 39.0. The van der Waals surface area contributed by atoms with Crippen LogP contribution in [0.5, 0.6) is 17.2 Å². The van der Waals surface area contributed by atoms with E-state index in [9.17, 15) is 13.2 Å². The van der Waals surface area contributed by atoms with Gasteiger partial charge >= 0.3 is 0 Å². The molecule has 8 nitrogen and oxygen atoms in total. The highest BCUT2D eigenvalue weighted by atomic mass is 32.2. The van der Waals surface area contributed by atoms with Crippen molar-refractivity contribution in [3.05, 3.63) is 103 Å². The molecule has 0 saturated heterocycles. The standard InChI is InChI=1S/C26H23N3O5S/c1-2-33-22-10-12-25(13-11-22)35(31,32)29-21-5-3-4-19(18-21)26(30)28-20-6-8-23(9-7-20)34-24-14-16-27-17-15-24/h3-18,29H,2H2,1H3,(H,28,30). The molecule has 1 heterocycles. The number of carbonyl (C=O) groups is 1. The van der Waals surface area contributed by atoms with E-state index < -0.39 is 10.0 Å². The van der Waals surface area contributed by atoms with Gasteiger partial charge in [0.25, 0.3) is 15.9 Å². The van der Waals surface area contributed by atoms with Crippen molar-refractivity contribution in [2.24, 2.45) is 0 Å². The number of sulfonamides is 1.